The van der Waals surface area contributed by atoms with Gasteiger partial charge in [0.25, 0.3) is 0 Å². The summed E-state index contributed by atoms with van der Waals surface area (Å²) >= 11 is 0. The molecule has 82 valence electrons. The zero-order chi connectivity index (χ0) is 11.8. The first kappa shape index (κ1) is 12.1. The number of carbonyl (C=O) groups excluding carboxylic acids is 2. The van der Waals surface area contributed by atoms with Crippen LogP contribution in [-0.4, -0.2) is 18.3 Å². The minimum Gasteiger partial charge on any atom is -0.211 e. The SMILES string of the molecule is CCc1ccccc1CC(N=C=O)N=C=O. The van der Waals surface area contributed by atoms with E-state index in [0.717, 1.165) is 17.5 Å². The fourth-order valence-electron chi connectivity index (χ4n) is 1.54. The van der Waals surface area contributed by atoms with Crippen molar-refractivity contribution in [3.05, 3.63) is 35.4 Å². The molecule has 1 rings (SSSR count). The maximum absolute atomic E-state index is 10.2. The average Bonchev–Trinajstić information content (AvgIpc) is 2.30. The van der Waals surface area contributed by atoms with Gasteiger partial charge in [-0.3, -0.25) is 0 Å². The molecule has 0 unspecified atom stereocenters. The van der Waals surface area contributed by atoms with Gasteiger partial charge < -0.3 is 0 Å². The molecule has 16 heavy (non-hydrogen) atoms. The molecule has 0 atom stereocenters. The van der Waals surface area contributed by atoms with Crippen LogP contribution < -0.4 is 0 Å². The first-order valence-corrected chi connectivity index (χ1v) is 5.02. The van der Waals surface area contributed by atoms with E-state index < -0.39 is 6.17 Å². The number of hydrogen-bond acceptors (Lipinski definition) is 4. The average molecular weight is 216 g/mol. The van der Waals surface area contributed by atoms with Crippen molar-refractivity contribution in [3.63, 3.8) is 0 Å². The number of rotatable bonds is 5. The summed E-state index contributed by atoms with van der Waals surface area (Å²) in [6.45, 7) is 2.04. The third kappa shape index (κ3) is 3.28. The Balaban J connectivity index is 2.92. The zero-order valence-electron chi connectivity index (χ0n) is 9.01. The highest BCUT2D eigenvalue weighted by molar-refractivity contribution is 5.38. The smallest absolute Gasteiger partial charge is 0.211 e. The lowest BCUT2D eigenvalue weighted by atomic mass is 10.0. The second-order valence-electron chi connectivity index (χ2n) is 3.25. The van der Waals surface area contributed by atoms with E-state index >= 15 is 0 Å². The Kier molecular flexibility index (Phi) is 4.87. The lowest BCUT2D eigenvalue weighted by Crippen LogP contribution is -2.06. The number of hydrogen-bond donors (Lipinski definition) is 0. The highest BCUT2D eigenvalue weighted by atomic mass is 16.1. The number of aliphatic imine (C=N–C) groups is 2. The minimum atomic E-state index is -0.706. The van der Waals surface area contributed by atoms with Gasteiger partial charge in [0.15, 0.2) is 6.17 Å². The van der Waals surface area contributed by atoms with Gasteiger partial charge in [-0.2, -0.15) is 9.98 Å². The molecule has 0 bridgehead atoms. The van der Waals surface area contributed by atoms with Crippen LogP contribution in [0.1, 0.15) is 18.1 Å². The number of nitrogens with zero attached hydrogens (tertiary/aromatic N) is 2. The van der Waals surface area contributed by atoms with Crippen LogP contribution in [0.5, 0.6) is 0 Å². The van der Waals surface area contributed by atoms with Gasteiger partial charge in [0, 0.05) is 6.42 Å². The number of benzene rings is 1. The first-order chi connectivity index (χ1) is 7.81. The van der Waals surface area contributed by atoms with E-state index in [0.29, 0.717) is 6.42 Å². The fourth-order valence-corrected chi connectivity index (χ4v) is 1.54. The minimum absolute atomic E-state index is 0.425. The number of aryl methyl sites for hydroxylation is 1. The van der Waals surface area contributed by atoms with Crippen molar-refractivity contribution in [1.29, 1.82) is 0 Å². The molecule has 0 radical (unpaired) electrons. The Morgan fingerprint density at radius 1 is 1.12 bits per heavy atom. The quantitative estimate of drug-likeness (QED) is 0.556. The Labute approximate surface area is 93.7 Å². The molecule has 0 N–H and O–H groups in total. The van der Waals surface area contributed by atoms with Crippen LogP contribution in [0, 0.1) is 0 Å². The van der Waals surface area contributed by atoms with E-state index in [4.69, 9.17) is 0 Å². The van der Waals surface area contributed by atoms with E-state index in [1.54, 1.807) is 0 Å². The fraction of sp³-hybridized carbons (Fsp3) is 0.333. The molecule has 0 aliphatic rings. The van der Waals surface area contributed by atoms with Crippen LogP contribution in [0.3, 0.4) is 0 Å². The molecule has 1 aromatic carbocycles. The summed E-state index contributed by atoms with van der Waals surface area (Å²) in [5.41, 5.74) is 2.20. The van der Waals surface area contributed by atoms with Crippen molar-refractivity contribution in [2.45, 2.75) is 25.9 Å². The lowest BCUT2D eigenvalue weighted by molar-refractivity contribution is 0.548. The van der Waals surface area contributed by atoms with E-state index in [2.05, 4.69) is 9.98 Å². The van der Waals surface area contributed by atoms with Gasteiger partial charge >= 0.3 is 0 Å². The van der Waals surface area contributed by atoms with Gasteiger partial charge in [0.2, 0.25) is 12.2 Å². The molecule has 4 nitrogen and oxygen atoms in total. The van der Waals surface area contributed by atoms with Gasteiger partial charge in [-0.1, -0.05) is 31.2 Å². The molecule has 0 aliphatic carbocycles. The standard InChI is InChI=1S/C12H12N2O2/c1-2-10-5-3-4-6-11(10)7-12(13-8-15)14-9-16/h3-6,12H,2,7H2,1H3. The summed E-state index contributed by atoms with van der Waals surface area (Å²) in [5.74, 6) is 0. The molecule has 1 aromatic rings. The lowest BCUT2D eigenvalue weighted by Gasteiger charge is -2.08. The molecular weight excluding hydrogens is 204 g/mol. The molecular formula is C12H12N2O2. The third-order valence-electron chi connectivity index (χ3n) is 2.31. The summed E-state index contributed by atoms with van der Waals surface area (Å²) in [4.78, 5) is 27.2. The Bertz CT molecular complexity index is 426. The molecule has 0 saturated heterocycles. The topological polar surface area (TPSA) is 58.9 Å². The van der Waals surface area contributed by atoms with Crippen molar-refractivity contribution in [1.82, 2.24) is 0 Å². The Hall–Kier alpha value is -2.02. The molecule has 4 heteroatoms. The van der Waals surface area contributed by atoms with Crippen LogP contribution in [0.4, 0.5) is 0 Å². The van der Waals surface area contributed by atoms with Crippen molar-refractivity contribution < 1.29 is 9.59 Å². The second-order valence-corrected chi connectivity index (χ2v) is 3.25. The maximum Gasteiger partial charge on any atom is 0.237 e. The van der Waals surface area contributed by atoms with Gasteiger partial charge in [0.05, 0.1) is 0 Å². The highest BCUT2D eigenvalue weighted by Crippen LogP contribution is 2.13. The van der Waals surface area contributed by atoms with Crippen LogP contribution in [0.2, 0.25) is 0 Å². The van der Waals surface area contributed by atoms with Crippen LogP contribution in [0.15, 0.2) is 34.3 Å². The van der Waals surface area contributed by atoms with Crippen LogP contribution >= 0.6 is 0 Å². The predicted octanol–water partition coefficient (Wildman–Crippen LogP) is 1.79. The van der Waals surface area contributed by atoms with Crippen molar-refractivity contribution >= 4 is 12.2 Å². The van der Waals surface area contributed by atoms with E-state index in [9.17, 15) is 9.59 Å². The van der Waals surface area contributed by atoms with Crippen LogP contribution in [-0.2, 0) is 22.4 Å². The summed E-state index contributed by atoms with van der Waals surface area (Å²) in [6.07, 6.45) is 3.43. The largest absolute Gasteiger partial charge is 0.237 e. The van der Waals surface area contributed by atoms with Gasteiger partial charge in [0.1, 0.15) is 0 Å². The molecule has 0 amide bonds. The third-order valence-corrected chi connectivity index (χ3v) is 2.31. The zero-order valence-corrected chi connectivity index (χ0v) is 9.01. The summed E-state index contributed by atoms with van der Waals surface area (Å²) in [7, 11) is 0. The van der Waals surface area contributed by atoms with E-state index in [1.807, 2.05) is 31.2 Å². The first-order valence-electron chi connectivity index (χ1n) is 5.02. The predicted molar refractivity (Wildman–Crippen MR) is 59.6 cm³/mol. The highest BCUT2D eigenvalue weighted by Gasteiger charge is 2.08. The van der Waals surface area contributed by atoms with Crippen LogP contribution in [0.25, 0.3) is 0 Å². The van der Waals surface area contributed by atoms with Gasteiger partial charge in [-0.15, -0.1) is 0 Å². The molecule has 0 aliphatic heterocycles. The molecule has 0 aromatic heterocycles. The molecule has 0 saturated carbocycles. The van der Waals surface area contributed by atoms with Crippen molar-refractivity contribution in [2.75, 3.05) is 0 Å². The van der Waals surface area contributed by atoms with Crippen molar-refractivity contribution in [2.24, 2.45) is 9.98 Å². The summed E-state index contributed by atoms with van der Waals surface area (Å²) in [6, 6.07) is 7.79. The van der Waals surface area contributed by atoms with Gasteiger partial charge in [-0.05, 0) is 17.5 Å². The Morgan fingerprint density at radius 3 is 2.19 bits per heavy atom. The monoisotopic (exact) mass is 216 g/mol. The molecule has 0 fully saturated rings. The van der Waals surface area contributed by atoms with Gasteiger partial charge in [-0.25, -0.2) is 9.59 Å². The maximum atomic E-state index is 10.2. The summed E-state index contributed by atoms with van der Waals surface area (Å²) < 4.78 is 0. The van der Waals surface area contributed by atoms with E-state index in [1.165, 1.54) is 12.2 Å². The Morgan fingerprint density at radius 2 is 1.69 bits per heavy atom. The molecule has 0 heterocycles. The number of isocyanates is 2. The summed E-state index contributed by atoms with van der Waals surface area (Å²) in [5, 5.41) is 0. The second kappa shape index (κ2) is 6.46. The normalized spacial score (nSPS) is 11.1. The molecule has 0 spiro atoms. The van der Waals surface area contributed by atoms with Crippen molar-refractivity contribution in [3.8, 4) is 0 Å². The van der Waals surface area contributed by atoms with E-state index in [-0.39, 0.29) is 0 Å².